The van der Waals surface area contributed by atoms with Gasteiger partial charge in [-0.2, -0.15) is 0 Å². The summed E-state index contributed by atoms with van der Waals surface area (Å²) in [6.07, 6.45) is 4.02. The summed E-state index contributed by atoms with van der Waals surface area (Å²) in [5, 5.41) is 0. The Balaban J connectivity index is 0.00000432. The number of hydrogen-bond acceptors (Lipinski definition) is 5. The van der Waals surface area contributed by atoms with Crippen molar-refractivity contribution in [1.29, 1.82) is 0 Å². The second-order valence-corrected chi connectivity index (χ2v) is 20.1. The van der Waals surface area contributed by atoms with Crippen LogP contribution in [0.2, 0.25) is 25.7 Å². The number of carbonyl (C=O) groups is 2. The SMILES string of the molecule is Cc1ccc(-c2c3nc(c(-c4ccc(C(=O)OCC[Si](C)(C)C)cc4)c4ccc(cc5nc(cc6ccc2[n-]6)C(C)(C)C5=O)[n-]4)C=C3)cc1.[Zn+2]. The molecule has 7 rings (SSSR count). The molecule has 9 heteroatoms. The van der Waals surface area contributed by atoms with Crippen molar-refractivity contribution in [3.05, 3.63) is 119 Å². The third-order valence-electron chi connectivity index (χ3n) is 9.07. The summed E-state index contributed by atoms with van der Waals surface area (Å²) in [5.41, 5.74) is 9.72. The molecule has 0 saturated carbocycles. The minimum Gasteiger partial charge on any atom is -0.657 e. The first kappa shape index (κ1) is 35.1. The van der Waals surface area contributed by atoms with Gasteiger partial charge in [0.2, 0.25) is 0 Å². The summed E-state index contributed by atoms with van der Waals surface area (Å²) in [6, 6.07) is 28.1. The largest absolute Gasteiger partial charge is 2.00 e. The first-order chi connectivity index (χ1) is 23.4. The summed E-state index contributed by atoms with van der Waals surface area (Å²) >= 11 is 0. The fourth-order valence-electron chi connectivity index (χ4n) is 6.06. The molecule has 0 radical (unpaired) electrons. The molecule has 2 aliphatic heterocycles. The predicted octanol–water partition coefficient (Wildman–Crippen LogP) is 9.04. The van der Waals surface area contributed by atoms with Gasteiger partial charge in [0, 0.05) is 8.07 Å². The van der Waals surface area contributed by atoms with Gasteiger partial charge in [-0.15, -0.1) is 22.1 Å². The maximum absolute atomic E-state index is 13.6. The molecule has 0 aliphatic carbocycles. The molecular weight excluding hydrogens is 690 g/mol. The van der Waals surface area contributed by atoms with E-state index in [2.05, 4.69) is 50.8 Å². The number of esters is 1. The fourth-order valence-corrected chi connectivity index (χ4v) is 6.78. The average molecular weight is 728 g/mol. The summed E-state index contributed by atoms with van der Waals surface area (Å²) in [4.78, 5) is 46.4. The van der Waals surface area contributed by atoms with Crippen LogP contribution in [-0.4, -0.2) is 36.4 Å². The average Bonchev–Trinajstić information content (AvgIpc) is 3.86. The molecule has 0 saturated heterocycles. The van der Waals surface area contributed by atoms with Gasteiger partial charge in [0.1, 0.15) is 5.69 Å². The van der Waals surface area contributed by atoms with Gasteiger partial charge >= 0.3 is 25.4 Å². The Labute approximate surface area is 306 Å². The van der Waals surface area contributed by atoms with Gasteiger partial charge in [-0.3, -0.25) is 4.79 Å². The normalized spacial score (nSPS) is 13.6. The Hall–Kier alpha value is -4.72. The van der Waals surface area contributed by atoms with E-state index in [0.29, 0.717) is 34.6 Å². The van der Waals surface area contributed by atoms with Crippen LogP contribution in [0.4, 0.5) is 0 Å². The number of aromatic nitrogens is 4. The van der Waals surface area contributed by atoms with E-state index < -0.39 is 13.5 Å². The third kappa shape index (κ3) is 6.98. The zero-order chi connectivity index (χ0) is 34.5. The van der Waals surface area contributed by atoms with E-state index in [0.717, 1.165) is 56.3 Å². The van der Waals surface area contributed by atoms with E-state index in [1.54, 1.807) is 18.2 Å². The minimum absolute atomic E-state index is 0. The van der Waals surface area contributed by atoms with Crippen molar-refractivity contribution in [3.63, 3.8) is 0 Å². The zero-order valence-corrected chi connectivity index (χ0v) is 33.3. The van der Waals surface area contributed by atoms with Crippen molar-refractivity contribution in [2.24, 2.45) is 0 Å². The molecular formula is C41H38N4O3SiZn. The first-order valence-corrected chi connectivity index (χ1v) is 20.3. The molecule has 5 heterocycles. The smallest absolute Gasteiger partial charge is 0.657 e. The molecule has 0 fully saturated rings. The molecule has 246 valence electrons. The standard InChI is InChI=1S/C41H40N4O3Si.Zn/c1-25-7-9-26(10-8-25)37-32-18-16-30(43-32)24-36-41(2,3)39(46)35(45-36)23-29-15-17-31(42-29)38(34-20-19-33(37)44-34)27-11-13-28(14-12-27)40(47)48-21-22-49(4,5)6;/h7-20,23-24H,21-22H2,1-6H3,(H2,42,43,44,45,46,47);/q;+2/p-2. The van der Waals surface area contributed by atoms with Crippen LogP contribution in [0.25, 0.3) is 56.5 Å². The summed E-state index contributed by atoms with van der Waals surface area (Å²) in [7, 11) is -1.33. The quantitative estimate of drug-likeness (QED) is 0.125. The van der Waals surface area contributed by atoms with Crippen molar-refractivity contribution in [2.75, 3.05) is 6.61 Å². The maximum atomic E-state index is 13.6. The number of ketones is 1. The Morgan fingerprint density at radius 2 is 1.30 bits per heavy atom. The van der Waals surface area contributed by atoms with Gasteiger partial charge in [0.15, 0.2) is 5.78 Å². The molecule has 8 bridgehead atoms. The topological polar surface area (TPSA) is 97.3 Å². The van der Waals surface area contributed by atoms with Crippen LogP contribution in [-0.2, 0) is 29.6 Å². The van der Waals surface area contributed by atoms with Gasteiger partial charge in [0.25, 0.3) is 0 Å². The van der Waals surface area contributed by atoms with Crippen LogP contribution in [0, 0.1) is 6.92 Å². The van der Waals surface area contributed by atoms with E-state index in [1.807, 2.05) is 68.5 Å². The number of hydrogen-bond donors (Lipinski definition) is 0. The number of Topliss-reactive ketones (excluding diaryl/α,β-unsaturated/α-hetero) is 1. The van der Waals surface area contributed by atoms with Gasteiger partial charge in [-0.1, -0.05) is 91.9 Å². The van der Waals surface area contributed by atoms with E-state index in [1.165, 1.54) is 0 Å². The van der Waals surface area contributed by atoms with E-state index in [4.69, 9.17) is 24.7 Å². The van der Waals surface area contributed by atoms with Gasteiger partial charge in [0.05, 0.1) is 34.7 Å². The molecule has 7 nitrogen and oxygen atoms in total. The molecule has 0 spiro atoms. The van der Waals surface area contributed by atoms with Crippen molar-refractivity contribution in [3.8, 4) is 22.3 Å². The number of benzene rings is 2. The maximum Gasteiger partial charge on any atom is 2.00 e. The minimum atomic E-state index is -1.33. The number of aryl methyl sites for hydroxylation is 1. The van der Waals surface area contributed by atoms with Crippen LogP contribution in [0.3, 0.4) is 0 Å². The van der Waals surface area contributed by atoms with Crippen molar-refractivity contribution >= 4 is 54.0 Å². The molecule has 5 aromatic rings. The monoisotopic (exact) mass is 726 g/mol. The Bertz CT molecular complexity index is 2310. The van der Waals surface area contributed by atoms with Crippen molar-refractivity contribution < 1.29 is 33.8 Å². The number of rotatable bonds is 6. The summed E-state index contributed by atoms with van der Waals surface area (Å²) in [6.45, 7) is 13.1. The molecule has 50 heavy (non-hydrogen) atoms. The van der Waals surface area contributed by atoms with Crippen molar-refractivity contribution in [2.45, 2.75) is 51.9 Å². The van der Waals surface area contributed by atoms with Crippen molar-refractivity contribution in [1.82, 2.24) is 19.9 Å². The van der Waals surface area contributed by atoms with Gasteiger partial charge in [-0.05, 0) is 79.4 Å². The molecule has 0 unspecified atom stereocenters. The van der Waals surface area contributed by atoms with E-state index in [9.17, 15) is 9.59 Å². The second-order valence-electron chi connectivity index (χ2n) is 14.5. The zero-order valence-electron chi connectivity index (χ0n) is 29.4. The summed E-state index contributed by atoms with van der Waals surface area (Å²) < 4.78 is 5.60. The van der Waals surface area contributed by atoms with E-state index >= 15 is 0 Å². The molecule has 0 atom stereocenters. The van der Waals surface area contributed by atoms with Gasteiger partial charge in [-0.25, -0.2) is 14.8 Å². The van der Waals surface area contributed by atoms with Crippen LogP contribution in [0.15, 0.2) is 84.9 Å². The van der Waals surface area contributed by atoms with Gasteiger partial charge < -0.3 is 14.7 Å². The third-order valence-corrected chi connectivity index (χ3v) is 10.8. The van der Waals surface area contributed by atoms with E-state index in [-0.39, 0.29) is 31.2 Å². The number of ether oxygens (including phenoxy) is 1. The van der Waals surface area contributed by atoms with Crippen LogP contribution < -0.4 is 9.97 Å². The Kier molecular flexibility index (Phi) is 9.51. The van der Waals surface area contributed by atoms with Crippen LogP contribution >= 0.6 is 0 Å². The number of carbonyl (C=O) groups excluding carboxylic acids is 2. The fraction of sp³-hybridized carbons (Fsp3) is 0.220. The van der Waals surface area contributed by atoms with Crippen LogP contribution in [0.5, 0.6) is 0 Å². The number of nitrogens with zero attached hydrogens (tertiary/aromatic N) is 4. The summed E-state index contributed by atoms with van der Waals surface area (Å²) in [5.74, 6) is -0.396. The molecule has 0 N–H and O–H groups in total. The first-order valence-electron chi connectivity index (χ1n) is 16.6. The van der Waals surface area contributed by atoms with Crippen LogP contribution in [0.1, 0.15) is 57.3 Å². The number of fused-ring (bicyclic) bond motifs is 8. The second kappa shape index (κ2) is 13.5. The Morgan fingerprint density at radius 1 is 0.760 bits per heavy atom. The predicted molar refractivity (Wildman–Crippen MR) is 199 cm³/mol. The molecule has 2 aromatic carbocycles. The molecule has 3 aromatic heterocycles. The molecule has 2 aliphatic rings. The Morgan fingerprint density at radius 3 is 1.86 bits per heavy atom. The molecule has 0 amide bonds.